The average Bonchev–Trinajstić information content (AvgIpc) is 3.33. The van der Waals surface area contributed by atoms with E-state index in [2.05, 4.69) is 5.10 Å². The van der Waals surface area contributed by atoms with Gasteiger partial charge in [-0.25, -0.2) is 4.90 Å². The minimum atomic E-state index is -0.334. The number of ether oxygens (including phenoxy) is 1. The first kappa shape index (κ1) is 16.0. The zero-order valence-electron chi connectivity index (χ0n) is 14.3. The van der Waals surface area contributed by atoms with Crippen LogP contribution in [0.2, 0.25) is 5.02 Å². The Hall–Kier alpha value is -2.18. The number of aromatic nitrogens is 2. The highest BCUT2D eigenvalue weighted by Gasteiger charge is 2.63. The number of hydrogen-bond acceptors (Lipinski definition) is 4. The molecular formula is C19H18ClN3O3. The quantitative estimate of drug-likeness (QED) is 0.778. The molecule has 26 heavy (non-hydrogen) atoms. The lowest BCUT2D eigenvalue weighted by Crippen LogP contribution is -2.34. The number of amides is 2. The molecular weight excluding hydrogens is 354 g/mol. The summed E-state index contributed by atoms with van der Waals surface area (Å²) < 4.78 is 7.57. The van der Waals surface area contributed by atoms with E-state index in [1.165, 1.54) is 4.90 Å². The van der Waals surface area contributed by atoms with E-state index in [0.717, 1.165) is 24.1 Å². The zero-order valence-corrected chi connectivity index (χ0v) is 15.0. The third-order valence-electron chi connectivity index (χ3n) is 5.70. The van der Waals surface area contributed by atoms with Crippen molar-refractivity contribution < 1.29 is 14.3 Å². The molecule has 4 atom stereocenters. The van der Waals surface area contributed by atoms with Crippen LogP contribution in [-0.2, 0) is 20.9 Å². The molecule has 2 amide bonds. The number of nitrogens with zero attached hydrogens (tertiary/aromatic N) is 3. The third kappa shape index (κ3) is 2.25. The Morgan fingerprint density at radius 2 is 1.85 bits per heavy atom. The number of benzene rings is 1. The fraction of sp³-hybridized carbons (Fsp3) is 0.421. The van der Waals surface area contributed by atoms with Crippen LogP contribution in [-0.4, -0.2) is 33.8 Å². The predicted molar refractivity (Wildman–Crippen MR) is 94.9 cm³/mol. The Kier molecular flexibility index (Phi) is 3.49. The van der Waals surface area contributed by atoms with Gasteiger partial charge in [-0.05, 0) is 37.5 Å². The molecule has 5 rings (SSSR count). The maximum Gasteiger partial charge on any atom is 0.241 e. The topological polar surface area (TPSA) is 64.4 Å². The van der Waals surface area contributed by atoms with E-state index in [1.54, 1.807) is 10.7 Å². The van der Waals surface area contributed by atoms with Gasteiger partial charge in [0, 0.05) is 16.8 Å². The van der Waals surface area contributed by atoms with Gasteiger partial charge in [0.2, 0.25) is 11.8 Å². The number of carbonyl (C=O) groups excluding carboxylic acids is 2. The van der Waals surface area contributed by atoms with Gasteiger partial charge in [-0.3, -0.25) is 14.3 Å². The second-order valence-electron chi connectivity index (χ2n) is 7.29. The molecule has 2 aromatic rings. The molecule has 7 heteroatoms. The minimum Gasteiger partial charge on any atom is -0.373 e. The van der Waals surface area contributed by atoms with Gasteiger partial charge in [0.25, 0.3) is 0 Å². The van der Waals surface area contributed by atoms with Gasteiger partial charge in [-0.2, -0.15) is 5.10 Å². The summed E-state index contributed by atoms with van der Waals surface area (Å²) in [5.41, 5.74) is 1.90. The molecule has 0 N–H and O–H groups in total. The fourth-order valence-electron chi connectivity index (χ4n) is 4.51. The Labute approximate surface area is 155 Å². The molecule has 3 fully saturated rings. The fourth-order valence-corrected chi connectivity index (χ4v) is 4.72. The largest absolute Gasteiger partial charge is 0.373 e. The van der Waals surface area contributed by atoms with E-state index >= 15 is 0 Å². The van der Waals surface area contributed by atoms with Crippen LogP contribution in [0.15, 0.2) is 30.3 Å². The minimum absolute atomic E-state index is 0.110. The summed E-state index contributed by atoms with van der Waals surface area (Å²) in [6.07, 6.45) is 1.50. The van der Waals surface area contributed by atoms with E-state index in [9.17, 15) is 9.59 Å². The van der Waals surface area contributed by atoms with Crippen molar-refractivity contribution in [2.24, 2.45) is 11.8 Å². The molecule has 3 saturated heterocycles. The molecule has 0 spiro atoms. The van der Waals surface area contributed by atoms with Gasteiger partial charge in [0.15, 0.2) is 5.82 Å². The molecule has 6 nitrogen and oxygen atoms in total. The maximum atomic E-state index is 12.9. The highest BCUT2D eigenvalue weighted by molar-refractivity contribution is 6.30. The standard InChI is InChI=1S/C19H18ClN3O3/c1-10-7-15(21-22(10)9-11-3-2-4-12(20)8-11)23-18(24)16-13-5-6-14(26-13)17(16)19(23)25/h2-4,7-8,13-14,16-17H,5-6,9H2,1H3/t13-,14-,16-,17+/m0/s1. The predicted octanol–water partition coefficient (Wildman–Crippen LogP) is 2.56. The van der Waals surface area contributed by atoms with Crippen molar-refractivity contribution in [3.05, 3.63) is 46.6 Å². The molecule has 2 bridgehead atoms. The normalized spacial score (nSPS) is 29.7. The van der Waals surface area contributed by atoms with Crippen LogP contribution in [0.4, 0.5) is 5.82 Å². The van der Waals surface area contributed by atoms with Crippen molar-refractivity contribution in [3.63, 3.8) is 0 Å². The van der Waals surface area contributed by atoms with Crippen molar-refractivity contribution >= 4 is 29.2 Å². The van der Waals surface area contributed by atoms with Gasteiger partial charge < -0.3 is 4.74 Å². The number of imide groups is 1. The molecule has 0 radical (unpaired) electrons. The Bertz CT molecular complexity index is 897. The Morgan fingerprint density at radius 3 is 2.50 bits per heavy atom. The molecule has 3 aliphatic rings. The summed E-state index contributed by atoms with van der Waals surface area (Å²) in [6, 6.07) is 9.36. The van der Waals surface area contributed by atoms with Crippen molar-refractivity contribution in [2.75, 3.05) is 4.90 Å². The number of hydrogen-bond donors (Lipinski definition) is 0. The number of rotatable bonds is 3. The summed E-state index contributed by atoms with van der Waals surface area (Å²) in [4.78, 5) is 27.0. The van der Waals surface area contributed by atoms with Crippen LogP contribution in [0.25, 0.3) is 0 Å². The molecule has 1 aromatic carbocycles. The Balaban J connectivity index is 1.44. The summed E-state index contributed by atoms with van der Waals surface area (Å²) in [5, 5.41) is 5.20. The van der Waals surface area contributed by atoms with Crippen LogP contribution in [0, 0.1) is 18.8 Å². The lowest BCUT2D eigenvalue weighted by Gasteiger charge is -2.15. The number of carbonyl (C=O) groups is 2. The molecule has 3 aliphatic heterocycles. The van der Waals surface area contributed by atoms with Crippen LogP contribution in [0.3, 0.4) is 0 Å². The molecule has 0 aliphatic carbocycles. The van der Waals surface area contributed by atoms with Gasteiger partial charge in [0.05, 0.1) is 30.6 Å². The smallest absolute Gasteiger partial charge is 0.241 e. The summed E-state index contributed by atoms with van der Waals surface area (Å²) >= 11 is 6.05. The highest BCUT2D eigenvalue weighted by Crippen LogP contribution is 2.49. The van der Waals surface area contributed by atoms with Gasteiger partial charge in [-0.15, -0.1) is 0 Å². The monoisotopic (exact) mass is 371 g/mol. The lowest BCUT2D eigenvalue weighted by molar-refractivity contribution is -0.124. The number of fused-ring (bicyclic) bond motifs is 5. The van der Waals surface area contributed by atoms with Crippen LogP contribution in [0.5, 0.6) is 0 Å². The van der Waals surface area contributed by atoms with Gasteiger partial charge >= 0.3 is 0 Å². The Morgan fingerprint density at radius 1 is 1.15 bits per heavy atom. The molecule has 1 aromatic heterocycles. The van der Waals surface area contributed by atoms with E-state index in [0.29, 0.717) is 17.4 Å². The lowest BCUT2D eigenvalue weighted by atomic mass is 9.81. The second-order valence-corrected chi connectivity index (χ2v) is 7.72. The first-order valence-corrected chi connectivity index (χ1v) is 9.23. The number of halogens is 1. The van der Waals surface area contributed by atoms with Gasteiger partial charge in [-0.1, -0.05) is 23.7 Å². The van der Waals surface area contributed by atoms with Crippen molar-refractivity contribution in [1.82, 2.24) is 9.78 Å². The molecule has 0 saturated carbocycles. The summed E-state index contributed by atoms with van der Waals surface area (Å²) in [6.45, 7) is 2.45. The van der Waals surface area contributed by atoms with Crippen LogP contribution >= 0.6 is 11.6 Å². The second kappa shape index (κ2) is 5.66. The maximum absolute atomic E-state index is 12.9. The summed E-state index contributed by atoms with van der Waals surface area (Å²) in [5.74, 6) is -0.591. The number of anilines is 1. The van der Waals surface area contributed by atoms with E-state index in [-0.39, 0.29) is 35.9 Å². The SMILES string of the molecule is Cc1cc(N2C(=O)[C@@H]3[C@H](C2=O)[C@@H]2CC[C@@H]3O2)nn1Cc1cccc(Cl)c1. The first-order chi connectivity index (χ1) is 12.5. The first-order valence-electron chi connectivity index (χ1n) is 8.85. The average molecular weight is 372 g/mol. The highest BCUT2D eigenvalue weighted by atomic mass is 35.5. The van der Waals surface area contributed by atoms with E-state index in [4.69, 9.17) is 16.3 Å². The summed E-state index contributed by atoms with van der Waals surface area (Å²) in [7, 11) is 0. The molecule has 134 valence electrons. The molecule has 4 heterocycles. The van der Waals surface area contributed by atoms with Crippen molar-refractivity contribution in [3.8, 4) is 0 Å². The zero-order chi connectivity index (χ0) is 18.0. The van der Waals surface area contributed by atoms with Crippen molar-refractivity contribution in [2.45, 2.75) is 38.5 Å². The number of aryl methyl sites for hydroxylation is 1. The van der Waals surface area contributed by atoms with Gasteiger partial charge in [0.1, 0.15) is 0 Å². The van der Waals surface area contributed by atoms with Crippen molar-refractivity contribution in [1.29, 1.82) is 0 Å². The van der Waals surface area contributed by atoms with E-state index < -0.39 is 0 Å². The third-order valence-corrected chi connectivity index (χ3v) is 5.94. The van der Waals surface area contributed by atoms with Crippen LogP contribution < -0.4 is 4.90 Å². The molecule has 0 unspecified atom stereocenters. The van der Waals surface area contributed by atoms with E-state index in [1.807, 2.05) is 31.2 Å². The van der Waals surface area contributed by atoms with Crippen LogP contribution in [0.1, 0.15) is 24.1 Å².